The Kier molecular flexibility index (Phi) is 5.24. The molecule has 0 radical (unpaired) electrons. The fourth-order valence-corrected chi connectivity index (χ4v) is 3.37. The van der Waals surface area contributed by atoms with Crippen LogP contribution in [0.25, 0.3) is 5.57 Å². The first-order valence-electron chi connectivity index (χ1n) is 9.42. The zero-order chi connectivity index (χ0) is 20.2. The lowest BCUT2D eigenvalue weighted by atomic mass is 10.0. The van der Waals surface area contributed by atoms with Gasteiger partial charge in [-0.1, -0.05) is 12.1 Å². The van der Waals surface area contributed by atoms with Crippen LogP contribution in [-0.2, 0) is 11.2 Å². The number of halogens is 1. The van der Waals surface area contributed by atoms with Crippen LogP contribution in [0.2, 0.25) is 0 Å². The zero-order valence-corrected chi connectivity index (χ0v) is 16.0. The number of aryl methyl sites for hydroxylation is 1. The van der Waals surface area contributed by atoms with Crippen LogP contribution in [0.3, 0.4) is 0 Å². The number of pyridine rings is 1. The zero-order valence-electron chi connectivity index (χ0n) is 16.0. The molecule has 4 rings (SSSR count). The number of rotatable bonds is 6. The molecule has 5 nitrogen and oxygen atoms in total. The number of benzene rings is 2. The number of hydrogen-bond acceptors (Lipinski definition) is 4. The fourth-order valence-electron chi connectivity index (χ4n) is 3.37. The van der Waals surface area contributed by atoms with Gasteiger partial charge in [0.15, 0.2) is 0 Å². The maximum Gasteiger partial charge on any atom is 0.257 e. The summed E-state index contributed by atoms with van der Waals surface area (Å²) in [7, 11) is 0. The minimum absolute atomic E-state index is 0.170. The molecule has 146 valence electrons. The maximum atomic E-state index is 14.4. The van der Waals surface area contributed by atoms with Crippen molar-refractivity contribution < 1.29 is 9.18 Å². The van der Waals surface area contributed by atoms with Gasteiger partial charge in [-0.05, 0) is 60.9 Å². The third-order valence-electron chi connectivity index (χ3n) is 4.87. The maximum absolute atomic E-state index is 14.4. The average molecular weight is 388 g/mol. The molecule has 0 bridgehead atoms. The van der Waals surface area contributed by atoms with E-state index in [1.54, 1.807) is 30.7 Å². The van der Waals surface area contributed by atoms with Crippen LogP contribution in [0.15, 0.2) is 67.1 Å². The van der Waals surface area contributed by atoms with Gasteiger partial charge in [0, 0.05) is 42.1 Å². The average Bonchev–Trinajstić information content (AvgIpc) is 3.05. The molecule has 29 heavy (non-hydrogen) atoms. The van der Waals surface area contributed by atoms with E-state index >= 15 is 0 Å². The molecule has 1 aliphatic rings. The van der Waals surface area contributed by atoms with Crippen molar-refractivity contribution in [2.45, 2.75) is 13.3 Å². The molecule has 6 heteroatoms. The highest BCUT2D eigenvalue weighted by Crippen LogP contribution is 2.34. The summed E-state index contributed by atoms with van der Waals surface area (Å²) in [4.78, 5) is 16.2. The van der Waals surface area contributed by atoms with E-state index in [9.17, 15) is 9.18 Å². The van der Waals surface area contributed by atoms with Gasteiger partial charge in [-0.15, -0.1) is 0 Å². The van der Waals surface area contributed by atoms with Crippen LogP contribution >= 0.6 is 0 Å². The lowest BCUT2D eigenvalue weighted by Gasteiger charge is -2.10. The van der Waals surface area contributed by atoms with Gasteiger partial charge in [0.25, 0.3) is 5.91 Å². The largest absolute Gasteiger partial charge is 0.382 e. The molecule has 0 spiro atoms. The molecule has 3 aromatic rings. The standard InChI is InChI=1S/C23H21FN4O/c1-15-3-2-4-21-22(15)18(23(29)28-21)14-27-17-5-6-20(19(24)13-17)26-12-9-16-7-10-25-11-8-16/h2-8,10-11,13-14,26-27H,9,12H2,1H3,(H,28,29). The molecule has 3 N–H and O–H groups in total. The van der Waals surface area contributed by atoms with Crippen molar-refractivity contribution in [1.29, 1.82) is 0 Å². The molecule has 2 aromatic carbocycles. The predicted octanol–water partition coefficient (Wildman–Crippen LogP) is 4.59. The molecule has 0 saturated heterocycles. The van der Waals surface area contributed by atoms with E-state index < -0.39 is 0 Å². The summed E-state index contributed by atoms with van der Waals surface area (Å²) in [6.45, 7) is 2.58. The van der Waals surface area contributed by atoms with Crippen molar-refractivity contribution in [1.82, 2.24) is 4.98 Å². The molecule has 0 aliphatic carbocycles. The molecule has 1 aliphatic heterocycles. The molecule has 1 aromatic heterocycles. The fraction of sp³-hybridized carbons (Fsp3) is 0.130. The number of amides is 1. The number of nitrogens with one attached hydrogen (secondary N) is 3. The van der Waals surface area contributed by atoms with E-state index in [2.05, 4.69) is 20.9 Å². The molecule has 0 unspecified atom stereocenters. The van der Waals surface area contributed by atoms with E-state index in [0.717, 1.165) is 28.8 Å². The SMILES string of the molecule is Cc1cccc2c1C(=CNc1ccc(NCCc3ccncc3)c(F)c1)C(=O)N2. The molecule has 0 saturated carbocycles. The summed E-state index contributed by atoms with van der Waals surface area (Å²) in [5.74, 6) is -0.521. The van der Waals surface area contributed by atoms with Gasteiger partial charge in [-0.3, -0.25) is 9.78 Å². The number of nitrogens with zero attached hydrogens (tertiary/aromatic N) is 1. The monoisotopic (exact) mass is 388 g/mol. The third-order valence-corrected chi connectivity index (χ3v) is 4.87. The van der Waals surface area contributed by atoms with E-state index in [0.29, 0.717) is 23.5 Å². The molecular weight excluding hydrogens is 367 g/mol. The first-order valence-corrected chi connectivity index (χ1v) is 9.42. The van der Waals surface area contributed by atoms with E-state index in [-0.39, 0.29) is 11.7 Å². The van der Waals surface area contributed by atoms with Crippen LogP contribution in [-0.4, -0.2) is 17.4 Å². The summed E-state index contributed by atoms with van der Waals surface area (Å²) in [6.07, 6.45) is 5.90. The van der Waals surface area contributed by atoms with E-state index in [1.165, 1.54) is 6.07 Å². The van der Waals surface area contributed by atoms with Crippen LogP contribution in [0.1, 0.15) is 16.7 Å². The van der Waals surface area contributed by atoms with Gasteiger partial charge in [0.1, 0.15) is 5.82 Å². The van der Waals surface area contributed by atoms with Gasteiger partial charge in [0.2, 0.25) is 0 Å². The quantitative estimate of drug-likeness (QED) is 0.541. The number of aromatic nitrogens is 1. The van der Waals surface area contributed by atoms with Crippen molar-refractivity contribution in [3.05, 3.63) is 89.6 Å². The molecular formula is C23H21FN4O. The second-order valence-electron chi connectivity index (χ2n) is 6.88. The highest BCUT2D eigenvalue weighted by atomic mass is 19.1. The van der Waals surface area contributed by atoms with Crippen molar-refractivity contribution in [2.24, 2.45) is 0 Å². The van der Waals surface area contributed by atoms with Crippen LogP contribution in [0.4, 0.5) is 21.5 Å². The number of carbonyl (C=O) groups is 1. The van der Waals surface area contributed by atoms with E-state index in [4.69, 9.17) is 0 Å². The Labute approximate surface area is 168 Å². The van der Waals surface area contributed by atoms with Gasteiger partial charge < -0.3 is 16.0 Å². The van der Waals surface area contributed by atoms with Crippen LogP contribution < -0.4 is 16.0 Å². The summed E-state index contributed by atoms with van der Waals surface area (Å²) in [5, 5.41) is 8.99. The van der Waals surface area contributed by atoms with Gasteiger partial charge in [-0.2, -0.15) is 0 Å². The smallest absolute Gasteiger partial charge is 0.257 e. The van der Waals surface area contributed by atoms with Crippen LogP contribution in [0.5, 0.6) is 0 Å². The Morgan fingerprint density at radius 3 is 2.76 bits per heavy atom. The Morgan fingerprint density at radius 2 is 1.97 bits per heavy atom. The molecule has 0 atom stereocenters. The van der Waals surface area contributed by atoms with Gasteiger partial charge in [0.05, 0.1) is 11.3 Å². The summed E-state index contributed by atoms with van der Waals surface area (Å²) < 4.78 is 14.4. The molecule has 0 fully saturated rings. The van der Waals surface area contributed by atoms with Crippen molar-refractivity contribution in [2.75, 3.05) is 22.5 Å². The Bertz CT molecular complexity index is 1080. The molecule has 1 amide bonds. The highest BCUT2D eigenvalue weighted by molar-refractivity contribution is 6.32. The van der Waals surface area contributed by atoms with Gasteiger partial charge in [-0.25, -0.2) is 4.39 Å². The lowest BCUT2D eigenvalue weighted by molar-refractivity contribution is -0.110. The summed E-state index contributed by atoms with van der Waals surface area (Å²) in [6, 6.07) is 14.5. The minimum atomic E-state index is -0.351. The number of hydrogen-bond donors (Lipinski definition) is 3. The highest BCUT2D eigenvalue weighted by Gasteiger charge is 2.25. The van der Waals surface area contributed by atoms with Gasteiger partial charge >= 0.3 is 0 Å². The van der Waals surface area contributed by atoms with Crippen LogP contribution in [0, 0.1) is 12.7 Å². The number of fused-ring (bicyclic) bond motifs is 1. The van der Waals surface area contributed by atoms with Crippen molar-refractivity contribution in [3.8, 4) is 0 Å². The lowest BCUT2D eigenvalue weighted by Crippen LogP contribution is -2.07. The third kappa shape index (κ3) is 4.11. The number of carbonyl (C=O) groups excluding carboxylic acids is 1. The topological polar surface area (TPSA) is 66.0 Å². The predicted molar refractivity (Wildman–Crippen MR) is 114 cm³/mol. The Balaban J connectivity index is 1.43. The first kappa shape index (κ1) is 18.7. The van der Waals surface area contributed by atoms with Crippen molar-refractivity contribution in [3.63, 3.8) is 0 Å². The first-order chi connectivity index (χ1) is 14.1. The van der Waals surface area contributed by atoms with Crippen molar-refractivity contribution >= 4 is 28.5 Å². The second-order valence-corrected chi connectivity index (χ2v) is 6.88. The number of anilines is 3. The normalized spacial score (nSPS) is 13.9. The summed E-state index contributed by atoms with van der Waals surface area (Å²) >= 11 is 0. The Morgan fingerprint density at radius 1 is 1.14 bits per heavy atom. The minimum Gasteiger partial charge on any atom is -0.382 e. The second kappa shape index (κ2) is 8.14. The molecule has 2 heterocycles. The Hall–Kier alpha value is -3.67. The summed E-state index contributed by atoms with van der Waals surface area (Å²) in [5.41, 5.74) is 5.37. The van der Waals surface area contributed by atoms with E-state index in [1.807, 2.05) is 37.3 Å².